The van der Waals surface area contributed by atoms with E-state index in [1.165, 1.54) is 18.2 Å². The molecule has 1 heterocycles. The van der Waals surface area contributed by atoms with Crippen LogP contribution in [0.4, 0.5) is 19.3 Å². The van der Waals surface area contributed by atoms with Crippen LogP contribution in [0.5, 0.6) is 11.5 Å². The highest BCUT2D eigenvalue weighted by Gasteiger charge is 2.28. The number of benzene rings is 1. The van der Waals surface area contributed by atoms with Gasteiger partial charge in [0.15, 0.2) is 0 Å². The molecule has 24 heavy (non-hydrogen) atoms. The molecule has 0 aromatic heterocycles. The lowest BCUT2D eigenvalue weighted by atomic mass is 10.2. The Hall–Kier alpha value is -2.58. The number of hydrogen-bond donors (Lipinski definition) is 2. The molecule has 2 rings (SSSR count). The highest BCUT2D eigenvalue weighted by atomic mass is 19.3. The smallest absolute Gasteiger partial charge is 0.408 e. The number of alkyl halides is 2. The standard InChI is InChI=1S/C15H18F2N2O5/c1-15(2,3)24-14(21)19-10-7-22-11-5-4-8(23-13(16)17)6-9(11)18-12(10)20/h4-6,10,13H,7H2,1-3H3,(H,18,20)(H,19,21)/t10-/m0/s1. The molecular formula is C15H18F2N2O5. The molecule has 0 saturated carbocycles. The molecule has 0 spiro atoms. The first kappa shape index (κ1) is 17.8. The first-order valence-electron chi connectivity index (χ1n) is 7.16. The van der Waals surface area contributed by atoms with Crippen molar-refractivity contribution in [3.8, 4) is 11.5 Å². The molecular weight excluding hydrogens is 326 g/mol. The topological polar surface area (TPSA) is 85.9 Å². The molecule has 0 fully saturated rings. The Balaban J connectivity index is 2.06. The van der Waals surface area contributed by atoms with Gasteiger partial charge in [-0.1, -0.05) is 0 Å². The van der Waals surface area contributed by atoms with E-state index >= 15 is 0 Å². The summed E-state index contributed by atoms with van der Waals surface area (Å²) in [5, 5.41) is 4.89. The van der Waals surface area contributed by atoms with E-state index in [0.717, 1.165) is 0 Å². The Kier molecular flexibility index (Phi) is 5.10. The fourth-order valence-corrected chi connectivity index (χ4v) is 1.93. The second kappa shape index (κ2) is 6.90. The Labute approximate surface area is 137 Å². The van der Waals surface area contributed by atoms with E-state index < -0.39 is 30.3 Å². The lowest BCUT2D eigenvalue weighted by Gasteiger charge is -2.22. The number of rotatable bonds is 3. The summed E-state index contributed by atoms with van der Waals surface area (Å²) in [7, 11) is 0. The van der Waals surface area contributed by atoms with E-state index in [2.05, 4.69) is 15.4 Å². The molecule has 9 heteroatoms. The van der Waals surface area contributed by atoms with Gasteiger partial charge in [0.1, 0.15) is 29.7 Å². The molecule has 1 aromatic rings. The predicted molar refractivity (Wildman–Crippen MR) is 80.4 cm³/mol. The van der Waals surface area contributed by atoms with Gasteiger partial charge in [-0.25, -0.2) is 4.79 Å². The fourth-order valence-electron chi connectivity index (χ4n) is 1.93. The maximum Gasteiger partial charge on any atom is 0.408 e. The quantitative estimate of drug-likeness (QED) is 0.880. The van der Waals surface area contributed by atoms with Crippen molar-refractivity contribution < 1.29 is 32.6 Å². The van der Waals surface area contributed by atoms with Crippen LogP contribution in [-0.2, 0) is 9.53 Å². The number of alkyl carbamates (subject to hydrolysis) is 1. The van der Waals surface area contributed by atoms with E-state index in [0.29, 0.717) is 0 Å². The van der Waals surface area contributed by atoms with Crippen LogP contribution >= 0.6 is 0 Å². The molecule has 0 bridgehead atoms. The average Bonchev–Trinajstić information content (AvgIpc) is 2.55. The third kappa shape index (κ3) is 4.97. The summed E-state index contributed by atoms with van der Waals surface area (Å²) < 4.78 is 39.3. The summed E-state index contributed by atoms with van der Waals surface area (Å²) in [5.41, 5.74) is -0.539. The summed E-state index contributed by atoms with van der Waals surface area (Å²) in [6.07, 6.45) is -0.765. The normalized spacial score (nSPS) is 17.2. The van der Waals surface area contributed by atoms with Gasteiger partial charge < -0.3 is 24.8 Å². The van der Waals surface area contributed by atoms with E-state index in [4.69, 9.17) is 9.47 Å². The zero-order valence-electron chi connectivity index (χ0n) is 13.4. The van der Waals surface area contributed by atoms with Crippen molar-refractivity contribution in [2.45, 2.75) is 39.0 Å². The van der Waals surface area contributed by atoms with Gasteiger partial charge in [-0.05, 0) is 32.9 Å². The molecule has 0 aliphatic carbocycles. The predicted octanol–water partition coefficient (Wildman–Crippen LogP) is 2.51. The van der Waals surface area contributed by atoms with Crippen LogP contribution in [0.25, 0.3) is 0 Å². The lowest BCUT2D eigenvalue weighted by molar-refractivity contribution is -0.118. The van der Waals surface area contributed by atoms with Gasteiger partial charge in [0, 0.05) is 6.07 Å². The molecule has 1 aliphatic rings. The molecule has 2 amide bonds. The van der Waals surface area contributed by atoms with Gasteiger partial charge in [-0.2, -0.15) is 8.78 Å². The van der Waals surface area contributed by atoms with Crippen LogP contribution in [0.3, 0.4) is 0 Å². The first-order valence-corrected chi connectivity index (χ1v) is 7.16. The minimum atomic E-state index is -2.98. The Morgan fingerprint density at radius 1 is 1.42 bits per heavy atom. The fraction of sp³-hybridized carbons (Fsp3) is 0.467. The highest BCUT2D eigenvalue weighted by molar-refractivity contribution is 5.98. The minimum absolute atomic E-state index is 0.119. The average molecular weight is 344 g/mol. The Morgan fingerprint density at radius 3 is 2.75 bits per heavy atom. The number of anilines is 1. The Bertz CT molecular complexity index is 631. The van der Waals surface area contributed by atoms with Crippen molar-refractivity contribution in [1.29, 1.82) is 0 Å². The Morgan fingerprint density at radius 2 is 2.12 bits per heavy atom. The zero-order valence-corrected chi connectivity index (χ0v) is 13.4. The van der Waals surface area contributed by atoms with Crippen molar-refractivity contribution in [2.75, 3.05) is 11.9 Å². The molecule has 1 aliphatic heterocycles. The molecule has 2 N–H and O–H groups in total. The van der Waals surface area contributed by atoms with Crippen molar-refractivity contribution in [3.05, 3.63) is 18.2 Å². The van der Waals surface area contributed by atoms with Crippen LogP contribution in [0, 0.1) is 0 Å². The van der Waals surface area contributed by atoms with Crippen molar-refractivity contribution in [3.63, 3.8) is 0 Å². The van der Waals surface area contributed by atoms with Crippen LogP contribution in [0.2, 0.25) is 0 Å². The largest absolute Gasteiger partial charge is 0.489 e. The van der Waals surface area contributed by atoms with E-state index in [9.17, 15) is 18.4 Å². The summed E-state index contributed by atoms with van der Waals surface area (Å²) >= 11 is 0. The molecule has 1 aromatic carbocycles. The molecule has 1 atom stereocenters. The second-order valence-corrected chi connectivity index (χ2v) is 6.04. The number of carbonyl (C=O) groups is 2. The summed E-state index contributed by atoms with van der Waals surface area (Å²) in [6.45, 7) is 1.96. The molecule has 0 unspecified atom stereocenters. The number of halogens is 2. The number of fused-ring (bicyclic) bond motifs is 1. The summed E-state index contributed by atoms with van der Waals surface area (Å²) in [4.78, 5) is 23.9. The first-order chi connectivity index (χ1) is 11.1. The third-order valence-electron chi connectivity index (χ3n) is 2.85. The second-order valence-electron chi connectivity index (χ2n) is 6.04. The van der Waals surface area contributed by atoms with Gasteiger partial charge in [0.2, 0.25) is 0 Å². The van der Waals surface area contributed by atoms with Gasteiger partial charge in [0.25, 0.3) is 5.91 Å². The third-order valence-corrected chi connectivity index (χ3v) is 2.85. The van der Waals surface area contributed by atoms with Crippen LogP contribution in [0.1, 0.15) is 20.8 Å². The van der Waals surface area contributed by atoms with E-state index in [1.807, 2.05) is 0 Å². The van der Waals surface area contributed by atoms with Crippen LogP contribution in [-0.4, -0.2) is 36.9 Å². The van der Waals surface area contributed by atoms with Gasteiger partial charge in [0.05, 0.1) is 5.69 Å². The number of nitrogens with one attached hydrogen (secondary N) is 2. The maximum atomic E-state index is 12.2. The maximum absolute atomic E-state index is 12.2. The van der Waals surface area contributed by atoms with Gasteiger partial charge in [-0.3, -0.25) is 4.79 Å². The van der Waals surface area contributed by atoms with Crippen molar-refractivity contribution in [1.82, 2.24) is 5.32 Å². The van der Waals surface area contributed by atoms with E-state index in [-0.39, 0.29) is 23.8 Å². The van der Waals surface area contributed by atoms with Crippen LogP contribution < -0.4 is 20.1 Å². The molecule has 0 radical (unpaired) electrons. The number of amides is 2. The number of carbonyl (C=O) groups excluding carboxylic acids is 2. The number of ether oxygens (including phenoxy) is 3. The van der Waals surface area contributed by atoms with Gasteiger partial charge in [-0.15, -0.1) is 0 Å². The lowest BCUT2D eigenvalue weighted by Crippen LogP contribution is -2.48. The zero-order chi connectivity index (χ0) is 17.9. The minimum Gasteiger partial charge on any atom is -0.489 e. The summed E-state index contributed by atoms with van der Waals surface area (Å²) in [5.74, 6) is -0.404. The van der Waals surface area contributed by atoms with Crippen molar-refractivity contribution in [2.24, 2.45) is 0 Å². The monoisotopic (exact) mass is 344 g/mol. The number of hydrogen-bond acceptors (Lipinski definition) is 5. The molecule has 0 saturated heterocycles. The molecule has 132 valence electrons. The van der Waals surface area contributed by atoms with Crippen LogP contribution in [0.15, 0.2) is 18.2 Å². The van der Waals surface area contributed by atoms with Gasteiger partial charge >= 0.3 is 12.7 Å². The van der Waals surface area contributed by atoms with Crippen molar-refractivity contribution >= 4 is 17.7 Å². The van der Waals surface area contributed by atoms with E-state index in [1.54, 1.807) is 20.8 Å². The molecule has 7 nitrogen and oxygen atoms in total. The highest BCUT2D eigenvalue weighted by Crippen LogP contribution is 2.31. The SMILES string of the molecule is CC(C)(C)OC(=O)N[C@H]1COc2ccc(OC(F)F)cc2NC1=O. The summed E-state index contributed by atoms with van der Waals surface area (Å²) in [6, 6.07) is 2.91.